The van der Waals surface area contributed by atoms with E-state index in [1.165, 1.54) is 122 Å². The van der Waals surface area contributed by atoms with E-state index in [2.05, 4.69) is 20.4 Å². The Morgan fingerprint density at radius 1 is 0.815 bits per heavy atom. The molecule has 1 fully saturated rings. The van der Waals surface area contributed by atoms with Gasteiger partial charge in [0.2, 0.25) is 8.32 Å². The van der Waals surface area contributed by atoms with Crippen LogP contribution >= 0.6 is 12.6 Å². The summed E-state index contributed by atoms with van der Waals surface area (Å²) in [4.78, 5) is 0.544. The van der Waals surface area contributed by atoms with E-state index in [4.69, 9.17) is 17.1 Å². The minimum Gasteiger partial charge on any atom is -0.413 e. The fraction of sp³-hybridized carbons (Fsp3) is 1.00. The number of hydrogen-bond donors (Lipinski definition) is 1. The van der Waals surface area contributed by atoms with Crippen LogP contribution in [0.5, 0.6) is 0 Å². The van der Waals surface area contributed by atoms with Gasteiger partial charge in [-0.15, -0.1) is 0 Å². The fourth-order valence-electron chi connectivity index (χ4n) is 4.58. The van der Waals surface area contributed by atoms with Gasteiger partial charge in [0.05, 0.1) is 0 Å². The van der Waals surface area contributed by atoms with Gasteiger partial charge in [-0.05, 0) is 32.4 Å². The molecule has 0 aromatic heterocycles. The molecule has 162 valence electrons. The third-order valence-electron chi connectivity index (χ3n) is 6.54. The second-order valence-corrected chi connectivity index (χ2v) is 14.6. The topological polar surface area (TPSA) is 9.23 Å². The lowest BCUT2D eigenvalue weighted by Crippen LogP contribution is -2.49. The smallest absolute Gasteiger partial charge is 0.202 e. The van der Waals surface area contributed by atoms with Crippen LogP contribution in [0.15, 0.2) is 0 Å². The lowest BCUT2D eigenvalue weighted by Gasteiger charge is -2.39. The first-order valence-corrected chi connectivity index (χ1v) is 15.7. The van der Waals surface area contributed by atoms with E-state index in [1.807, 2.05) is 0 Å². The van der Waals surface area contributed by atoms with Gasteiger partial charge in [-0.1, -0.05) is 110 Å². The van der Waals surface area contributed by atoms with Crippen molar-refractivity contribution in [3.8, 4) is 0 Å². The van der Waals surface area contributed by atoms with Crippen molar-refractivity contribution in [3.05, 3.63) is 0 Å². The summed E-state index contributed by atoms with van der Waals surface area (Å²) in [6, 6.07) is 1.32. The monoisotopic (exact) mass is 414 g/mol. The molecule has 1 nitrogen and oxygen atoms in total. The highest BCUT2D eigenvalue weighted by Crippen LogP contribution is 2.33. The van der Waals surface area contributed by atoms with E-state index in [-0.39, 0.29) is 0 Å². The first-order chi connectivity index (χ1) is 13.1. The Balaban J connectivity index is 1.84. The normalized spacial score (nSPS) is 24.2. The number of rotatable bonds is 17. The summed E-state index contributed by atoms with van der Waals surface area (Å²) in [5.74, 6) is 0. The molecule has 1 aliphatic heterocycles. The SMILES string of the molecule is CCCCCCCCCCCCCCCCCC(S)[Si]1(C)CCCC(C)O1. The maximum Gasteiger partial charge on any atom is 0.202 e. The summed E-state index contributed by atoms with van der Waals surface area (Å²) in [6.45, 7) is 6.97. The van der Waals surface area contributed by atoms with Crippen LogP contribution in [0.2, 0.25) is 12.6 Å². The Morgan fingerprint density at radius 3 is 1.70 bits per heavy atom. The molecular weight excluding hydrogens is 364 g/mol. The molecule has 0 amide bonds. The van der Waals surface area contributed by atoms with Gasteiger partial charge in [-0.3, -0.25) is 0 Å². The highest BCUT2D eigenvalue weighted by Gasteiger charge is 2.39. The van der Waals surface area contributed by atoms with E-state index in [1.54, 1.807) is 0 Å². The Kier molecular flexibility index (Phi) is 15.5. The van der Waals surface area contributed by atoms with Gasteiger partial charge in [0, 0.05) is 11.0 Å². The average molecular weight is 415 g/mol. The molecule has 0 radical (unpaired) electrons. The Morgan fingerprint density at radius 2 is 1.26 bits per heavy atom. The molecule has 1 saturated heterocycles. The van der Waals surface area contributed by atoms with Gasteiger partial charge in [0.25, 0.3) is 0 Å². The largest absolute Gasteiger partial charge is 0.413 e. The standard InChI is InChI=1S/C24H50OSSi/c1-4-5-6-7-8-9-10-11-12-13-14-15-16-17-18-21-24(26)27(3)22-19-20-23(2)25-27/h23-24,26H,4-22H2,1-3H3. The molecule has 1 heterocycles. The summed E-state index contributed by atoms with van der Waals surface area (Å²) >= 11 is 4.96. The zero-order valence-electron chi connectivity index (χ0n) is 18.9. The van der Waals surface area contributed by atoms with Crippen LogP contribution in [0.1, 0.15) is 129 Å². The third-order valence-corrected chi connectivity index (χ3v) is 12.4. The second-order valence-electron chi connectivity index (χ2n) is 9.39. The predicted molar refractivity (Wildman–Crippen MR) is 129 cm³/mol. The summed E-state index contributed by atoms with van der Waals surface area (Å²) in [5, 5.41) is 0. The molecule has 3 unspecified atom stereocenters. The van der Waals surface area contributed by atoms with Crippen molar-refractivity contribution < 1.29 is 4.43 Å². The van der Waals surface area contributed by atoms with Crippen molar-refractivity contribution in [2.45, 2.75) is 153 Å². The molecule has 0 N–H and O–H groups in total. The molecule has 0 saturated carbocycles. The van der Waals surface area contributed by atoms with Crippen molar-refractivity contribution >= 4 is 20.9 Å². The Labute approximate surface area is 178 Å². The summed E-state index contributed by atoms with van der Waals surface area (Å²) < 4.78 is 6.37. The second kappa shape index (κ2) is 16.3. The molecule has 0 aliphatic carbocycles. The van der Waals surface area contributed by atoms with Gasteiger partial charge >= 0.3 is 0 Å². The molecule has 3 heteroatoms. The van der Waals surface area contributed by atoms with Crippen molar-refractivity contribution in [2.24, 2.45) is 0 Å². The van der Waals surface area contributed by atoms with E-state index in [0.717, 1.165) is 0 Å². The highest BCUT2D eigenvalue weighted by molar-refractivity contribution is 7.83. The van der Waals surface area contributed by atoms with E-state index >= 15 is 0 Å². The predicted octanol–water partition coefficient (Wildman–Crippen LogP) is 8.86. The van der Waals surface area contributed by atoms with Crippen molar-refractivity contribution in [3.63, 3.8) is 0 Å². The third kappa shape index (κ3) is 12.6. The van der Waals surface area contributed by atoms with E-state index < -0.39 is 8.32 Å². The van der Waals surface area contributed by atoms with Crippen molar-refractivity contribution in [1.82, 2.24) is 0 Å². The summed E-state index contributed by atoms with van der Waals surface area (Å²) in [7, 11) is -1.55. The van der Waals surface area contributed by atoms with E-state index in [0.29, 0.717) is 11.0 Å². The molecule has 0 spiro atoms. The minimum absolute atomic E-state index is 0.478. The first-order valence-electron chi connectivity index (χ1n) is 12.4. The van der Waals surface area contributed by atoms with Crippen LogP contribution in [0.4, 0.5) is 0 Å². The molecule has 27 heavy (non-hydrogen) atoms. The van der Waals surface area contributed by atoms with Crippen LogP contribution in [0, 0.1) is 0 Å². The maximum atomic E-state index is 6.37. The molecule has 0 aromatic carbocycles. The molecular formula is C24H50OSSi. The quantitative estimate of drug-likeness (QED) is 0.142. The first kappa shape index (κ1) is 25.6. The van der Waals surface area contributed by atoms with Crippen molar-refractivity contribution in [2.75, 3.05) is 0 Å². The zero-order chi connectivity index (χ0) is 19.8. The van der Waals surface area contributed by atoms with Crippen LogP contribution in [-0.4, -0.2) is 19.3 Å². The van der Waals surface area contributed by atoms with Gasteiger partial charge in [0.15, 0.2) is 0 Å². The zero-order valence-corrected chi connectivity index (χ0v) is 20.8. The van der Waals surface area contributed by atoms with Crippen LogP contribution in [-0.2, 0) is 4.43 Å². The van der Waals surface area contributed by atoms with E-state index in [9.17, 15) is 0 Å². The molecule has 1 rings (SSSR count). The average Bonchev–Trinajstić information content (AvgIpc) is 2.64. The molecule has 0 bridgehead atoms. The van der Waals surface area contributed by atoms with Crippen LogP contribution in [0.3, 0.4) is 0 Å². The van der Waals surface area contributed by atoms with Gasteiger partial charge in [0.1, 0.15) is 0 Å². The summed E-state index contributed by atoms with van der Waals surface area (Å²) in [5.41, 5.74) is 0. The van der Waals surface area contributed by atoms with Crippen molar-refractivity contribution in [1.29, 1.82) is 0 Å². The highest BCUT2D eigenvalue weighted by atomic mass is 32.1. The minimum atomic E-state index is -1.55. The van der Waals surface area contributed by atoms with Gasteiger partial charge < -0.3 is 4.43 Å². The van der Waals surface area contributed by atoms with Crippen LogP contribution in [0.25, 0.3) is 0 Å². The number of unbranched alkanes of at least 4 members (excludes halogenated alkanes) is 14. The molecule has 0 aromatic rings. The van der Waals surface area contributed by atoms with Gasteiger partial charge in [-0.2, -0.15) is 12.6 Å². The van der Waals surface area contributed by atoms with Gasteiger partial charge in [-0.25, -0.2) is 0 Å². The maximum absolute atomic E-state index is 6.37. The number of thiol groups is 1. The van der Waals surface area contributed by atoms with Crippen LogP contribution < -0.4 is 0 Å². The lowest BCUT2D eigenvalue weighted by atomic mass is 10.0. The summed E-state index contributed by atoms with van der Waals surface area (Å²) in [6.07, 6.45) is 26.0. The lowest BCUT2D eigenvalue weighted by molar-refractivity contribution is 0.174. The Bertz CT molecular complexity index is 338. The Hall–Kier alpha value is 0.527. The molecule has 1 aliphatic rings. The number of hydrogen-bond acceptors (Lipinski definition) is 2. The molecule has 3 atom stereocenters. The fourth-order valence-corrected chi connectivity index (χ4v) is 8.70.